The predicted molar refractivity (Wildman–Crippen MR) is 75.8 cm³/mol. The molecule has 1 saturated carbocycles. The normalized spacial score (nSPS) is 20.0. The van der Waals surface area contributed by atoms with Crippen LogP contribution in [0.3, 0.4) is 0 Å². The van der Waals surface area contributed by atoms with Gasteiger partial charge in [-0.1, -0.05) is 31.0 Å². The maximum absolute atomic E-state index is 3.72. The third-order valence-corrected chi connectivity index (χ3v) is 4.43. The van der Waals surface area contributed by atoms with Gasteiger partial charge in [0.2, 0.25) is 0 Å². The van der Waals surface area contributed by atoms with Crippen LogP contribution in [-0.4, -0.2) is 19.1 Å². The van der Waals surface area contributed by atoms with E-state index in [4.69, 9.17) is 0 Å². The van der Waals surface area contributed by atoms with Crippen molar-refractivity contribution in [2.24, 2.45) is 0 Å². The number of fused-ring (bicyclic) bond motifs is 1. The number of rotatable bonds is 4. The van der Waals surface area contributed by atoms with Gasteiger partial charge in [-0.2, -0.15) is 0 Å². The Morgan fingerprint density at radius 1 is 1.22 bits per heavy atom. The first-order valence-corrected chi connectivity index (χ1v) is 7.47. The molecule has 1 fully saturated rings. The molecule has 0 atom stereocenters. The largest absolute Gasteiger partial charge is 0.314 e. The quantitative estimate of drug-likeness (QED) is 0.850. The first kappa shape index (κ1) is 12.2. The second-order valence-corrected chi connectivity index (χ2v) is 5.67. The van der Waals surface area contributed by atoms with Gasteiger partial charge in [-0.05, 0) is 55.5 Å². The molecule has 1 aromatic carbocycles. The molecule has 2 nitrogen and oxygen atoms in total. The molecule has 0 aromatic heterocycles. The number of nitrogens with one attached hydrogen (secondary N) is 2. The van der Waals surface area contributed by atoms with Crippen LogP contribution in [0.25, 0.3) is 0 Å². The summed E-state index contributed by atoms with van der Waals surface area (Å²) in [7, 11) is 0. The second-order valence-electron chi connectivity index (χ2n) is 5.67. The molecule has 0 spiro atoms. The monoisotopic (exact) mass is 244 g/mol. The number of benzene rings is 1. The molecule has 1 aliphatic carbocycles. The fourth-order valence-electron chi connectivity index (χ4n) is 3.36. The number of hydrogen-bond acceptors (Lipinski definition) is 2. The van der Waals surface area contributed by atoms with Gasteiger partial charge in [-0.3, -0.25) is 0 Å². The molecule has 0 bridgehead atoms. The summed E-state index contributed by atoms with van der Waals surface area (Å²) in [5.74, 6) is 0. The van der Waals surface area contributed by atoms with E-state index >= 15 is 0 Å². The number of hydrogen-bond donors (Lipinski definition) is 2. The molecule has 3 rings (SSSR count). The highest BCUT2D eigenvalue weighted by atomic mass is 14.9. The highest BCUT2D eigenvalue weighted by molar-refractivity contribution is 5.37. The van der Waals surface area contributed by atoms with Crippen LogP contribution in [0.5, 0.6) is 0 Å². The van der Waals surface area contributed by atoms with Gasteiger partial charge in [0.05, 0.1) is 0 Å². The van der Waals surface area contributed by atoms with Crippen molar-refractivity contribution in [3.63, 3.8) is 0 Å². The molecule has 0 unspecified atom stereocenters. The Hall–Kier alpha value is -0.860. The summed E-state index contributed by atoms with van der Waals surface area (Å²) in [5, 5.41) is 7.21. The van der Waals surface area contributed by atoms with Crippen molar-refractivity contribution >= 4 is 0 Å². The van der Waals surface area contributed by atoms with Gasteiger partial charge >= 0.3 is 0 Å². The Labute approximate surface area is 110 Å². The standard InChI is InChI=1S/C16H24N2/c1-2-7-15(6-1)18-11-9-14-5-3-4-13-8-10-17-12-16(13)14/h3-5,15,17-18H,1-2,6-12H2. The smallest absolute Gasteiger partial charge is 0.0211 e. The van der Waals surface area contributed by atoms with Crippen LogP contribution >= 0.6 is 0 Å². The summed E-state index contributed by atoms with van der Waals surface area (Å²) >= 11 is 0. The van der Waals surface area contributed by atoms with Gasteiger partial charge < -0.3 is 10.6 Å². The van der Waals surface area contributed by atoms with Gasteiger partial charge in [0.1, 0.15) is 0 Å². The Morgan fingerprint density at radius 3 is 3.00 bits per heavy atom. The first-order chi connectivity index (χ1) is 8.93. The Bertz CT molecular complexity index is 394. The van der Waals surface area contributed by atoms with E-state index in [1.807, 2.05) is 0 Å². The minimum Gasteiger partial charge on any atom is -0.314 e. The van der Waals surface area contributed by atoms with E-state index in [2.05, 4.69) is 28.8 Å². The topological polar surface area (TPSA) is 24.1 Å². The van der Waals surface area contributed by atoms with Gasteiger partial charge in [-0.15, -0.1) is 0 Å². The third-order valence-electron chi connectivity index (χ3n) is 4.43. The molecular formula is C16H24N2. The molecule has 1 aromatic rings. The van der Waals surface area contributed by atoms with Gasteiger partial charge in [-0.25, -0.2) is 0 Å². The minimum absolute atomic E-state index is 0.794. The zero-order valence-corrected chi connectivity index (χ0v) is 11.2. The van der Waals surface area contributed by atoms with Crippen molar-refractivity contribution in [1.29, 1.82) is 0 Å². The highest BCUT2D eigenvalue weighted by Crippen LogP contribution is 2.20. The third kappa shape index (κ3) is 2.76. The summed E-state index contributed by atoms with van der Waals surface area (Å²) in [5.41, 5.74) is 4.68. The summed E-state index contributed by atoms with van der Waals surface area (Å²) in [6.45, 7) is 3.34. The summed E-state index contributed by atoms with van der Waals surface area (Å²) in [4.78, 5) is 0. The van der Waals surface area contributed by atoms with Crippen molar-refractivity contribution in [2.45, 2.75) is 51.1 Å². The molecule has 98 valence electrons. The first-order valence-electron chi connectivity index (χ1n) is 7.47. The fourth-order valence-corrected chi connectivity index (χ4v) is 3.36. The van der Waals surface area contributed by atoms with Crippen molar-refractivity contribution in [1.82, 2.24) is 10.6 Å². The summed E-state index contributed by atoms with van der Waals surface area (Å²) in [6.07, 6.45) is 7.98. The molecule has 18 heavy (non-hydrogen) atoms. The highest BCUT2D eigenvalue weighted by Gasteiger charge is 2.15. The maximum atomic E-state index is 3.72. The average Bonchev–Trinajstić information content (AvgIpc) is 2.92. The Balaban J connectivity index is 1.58. The molecule has 2 aliphatic rings. The van der Waals surface area contributed by atoms with E-state index in [0.717, 1.165) is 25.7 Å². The van der Waals surface area contributed by atoms with Crippen LogP contribution in [0, 0.1) is 0 Å². The summed E-state index contributed by atoms with van der Waals surface area (Å²) < 4.78 is 0. The molecule has 0 amide bonds. The Kier molecular flexibility index (Phi) is 3.96. The molecule has 2 N–H and O–H groups in total. The van der Waals surface area contributed by atoms with Crippen molar-refractivity contribution in [2.75, 3.05) is 13.1 Å². The van der Waals surface area contributed by atoms with E-state index in [-0.39, 0.29) is 0 Å². The lowest BCUT2D eigenvalue weighted by molar-refractivity contribution is 0.526. The van der Waals surface area contributed by atoms with Crippen molar-refractivity contribution in [3.05, 3.63) is 34.9 Å². The summed E-state index contributed by atoms with van der Waals surface area (Å²) in [6, 6.07) is 7.63. The lowest BCUT2D eigenvalue weighted by Crippen LogP contribution is -2.29. The van der Waals surface area contributed by atoms with Crippen LogP contribution in [0.15, 0.2) is 18.2 Å². The maximum Gasteiger partial charge on any atom is 0.0211 e. The molecular weight excluding hydrogens is 220 g/mol. The average molecular weight is 244 g/mol. The fraction of sp³-hybridized carbons (Fsp3) is 0.625. The second kappa shape index (κ2) is 5.85. The lowest BCUT2D eigenvalue weighted by atomic mass is 9.94. The van der Waals surface area contributed by atoms with Crippen molar-refractivity contribution in [3.8, 4) is 0 Å². The lowest BCUT2D eigenvalue weighted by Gasteiger charge is -2.21. The van der Waals surface area contributed by atoms with E-state index in [0.29, 0.717) is 0 Å². The molecule has 0 saturated heterocycles. The van der Waals surface area contributed by atoms with Gasteiger partial charge in [0.15, 0.2) is 0 Å². The SMILES string of the molecule is c1cc2c(c(CCNC3CCCC3)c1)CNCC2. The zero-order valence-electron chi connectivity index (χ0n) is 11.2. The van der Waals surface area contributed by atoms with E-state index in [9.17, 15) is 0 Å². The van der Waals surface area contributed by atoms with Crippen LogP contribution in [0.1, 0.15) is 42.4 Å². The van der Waals surface area contributed by atoms with E-state index in [1.165, 1.54) is 38.5 Å². The molecule has 1 aliphatic heterocycles. The zero-order chi connectivity index (χ0) is 12.2. The van der Waals surface area contributed by atoms with Crippen LogP contribution in [0.4, 0.5) is 0 Å². The van der Waals surface area contributed by atoms with Crippen molar-refractivity contribution < 1.29 is 0 Å². The Morgan fingerprint density at radius 2 is 2.11 bits per heavy atom. The van der Waals surface area contributed by atoms with Gasteiger partial charge in [0, 0.05) is 12.6 Å². The van der Waals surface area contributed by atoms with E-state index < -0.39 is 0 Å². The predicted octanol–water partition coefficient (Wildman–Crippen LogP) is 2.41. The molecule has 2 heteroatoms. The van der Waals surface area contributed by atoms with Gasteiger partial charge in [0.25, 0.3) is 0 Å². The van der Waals surface area contributed by atoms with Crippen LogP contribution in [-0.2, 0) is 19.4 Å². The molecule has 1 heterocycles. The van der Waals surface area contributed by atoms with E-state index in [1.54, 1.807) is 16.7 Å². The van der Waals surface area contributed by atoms with Crippen LogP contribution < -0.4 is 10.6 Å². The van der Waals surface area contributed by atoms with Crippen LogP contribution in [0.2, 0.25) is 0 Å². The minimum atomic E-state index is 0.794. The molecule has 0 radical (unpaired) electrons.